The second-order valence-electron chi connectivity index (χ2n) is 5.66. The van der Waals surface area contributed by atoms with Crippen LogP contribution in [0.25, 0.3) is 0 Å². The Kier molecular flexibility index (Phi) is 4.77. The molecule has 0 aromatic carbocycles. The van der Waals surface area contributed by atoms with Gasteiger partial charge in [0.1, 0.15) is 0 Å². The van der Waals surface area contributed by atoms with E-state index in [4.69, 9.17) is 0 Å². The van der Waals surface area contributed by atoms with Gasteiger partial charge in [0.2, 0.25) is 5.91 Å². The molecular formula is C15H22N4OS. The summed E-state index contributed by atoms with van der Waals surface area (Å²) in [5, 5.41) is 3.88. The predicted octanol–water partition coefficient (Wildman–Crippen LogP) is 0.678. The molecule has 0 radical (unpaired) electrons. The van der Waals surface area contributed by atoms with Crippen LogP contribution in [0.3, 0.4) is 0 Å². The highest BCUT2D eigenvalue weighted by Gasteiger charge is 2.32. The van der Waals surface area contributed by atoms with E-state index in [-0.39, 0.29) is 11.2 Å². The van der Waals surface area contributed by atoms with Crippen LogP contribution >= 0.6 is 11.8 Å². The fourth-order valence-electron chi connectivity index (χ4n) is 2.93. The molecule has 21 heavy (non-hydrogen) atoms. The summed E-state index contributed by atoms with van der Waals surface area (Å²) in [5.74, 6) is 0.100. The first kappa shape index (κ1) is 14.8. The monoisotopic (exact) mass is 306 g/mol. The maximum Gasteiger partial charge on any atom is 0.233 e. The molecule has 2 bridgehead atoms. The number of thioether (sulfide) groups is 1. The Labute approximate surface area is 130 Å². The van der Waals surface area contributed by atoms with Gasteiger partial charge >= 0.3 is 0 Å². The number of aromatic nitrogens is 1. The molecule has 0 saturated carbocycles. The van der Waals surface area contributed by atoms with Crippen molar-refractivity contribution in [1.82, 2.24) is 20.1 Å². The van der Waals surface area contributed by atoms with E-state index in [1.807, 2.05) is 25.1 Å². The molecule has 3 aliphatic rings. The van der Waals surface area contributed by atoms with E-state index in [0.29, 0.717) is 6.04 Å². The van der Waals surface area contributed by atoms with Gasteiger partial charge in [0.15, 0.2) is 0 Å². The maximum atomic E-state index is 12.2. The lowest BCUT2D eigenvalue weighted by Gasteiger charge is -2.47. The molecule has 3 fully saturated rings. The first-order chi connectivity index (χ1) is 10.2. The van der Waals surface area contributed by atoms with Crippen LogP contribution in [0.15, 0.2) is 29.4 Å². The van der Waals surface area contributed by atoms with Gasteiger partial charge in [-0.2, -0.15) is 0 Å². The van der Waals surface area contributed by atoms with E-state index in [2.05, 4.69) is 20.1 Å². The molecule has 3 aliphatic heterocycles. The zero-order chi connectivity index (χ0) is 14.7. The van der Waals surface area contributed by atoms with E-state index in [0.717, 1.165) is 31.2 Å². The van der Waals surface area contributed by atoms with Crippen LogP contribution in [-0.2, 0) is 4.79 Å². The van der Waals surface area contributed by atoms with Crippen molar-refractivity contribution in [3.05, 3.63) is 24.4 Å². The normalized spacial score (nSPS) is 29.1. The summed E-state index contributed by atoms with van der Waals surface area (Å²) in [7, 11) is 0. The number of hydrogen-bond acceptors (Lipinski definition) is 5. The molecule has 1 aromatic rings. The van der Waals surface area contributed by atoms with E-state index in [1.165, 1.54) is 24.9 Å². The summed E-state index contributed by atoms with van der Waals surface area (Å²) >= 11 is 1.51. The summed E-state index contributed by atoms with van der Waals surface area (Å²) in [5.41, 5.74) is 0. The average Bonchev–Trinajstić information content (AvgIpc) is 2.54. The van der Waals surface area contributed by atoms with Gasteiger partial charge in [0.05, 0.1) is 10.3 Å². The van der Waals surface area contributed by atoms with Crippen molar-refractivity contribution in [2.24, 2.45) is 0 Å². The van der Waals surface area contributed by atoms with Crippen molar-refractivity contribution in [3.8, 4) is 0 Å². The molecule has 114 valence electrons. The second-order valence-corrected chi connectivity index (χ2v) is 7.02. The van der Waals surface area contributed by atoms with E-state index >= 15 is 0 Å². The minimum absolute atomic E-state index is 0.100. The Morgan fingerprint density at radius 3 is 2.86 bits per heavy atom. The minimum Gasteiger partial charge on any atom is -0.354 e. The number of nitrogens with one attached hydrogen (secondary N) is 1. The number of carbonyl (C=O) groups is 1. The number of piperazine rings is 3. The van der Waals surface area contributed by atoms with Gasteiger partial charge in [-0.25, -0.2) is 4.98 Å². The SMILES string of the molecule is CC(Sc1ccccn1)C(=O)NCC1CN2CCN1CC2. The topological polar surface area (TPSA) is 48.5 Å². The molecule has 0 aliphatic carbocycles. The van der Waals surface area contributed by atoms with E-state index < -0.39 is 0 Å². The Hall–Kier alpha value is -1.11. The molecular weight excluding hydrogens is 284 g/mol. The Balaban J connectivity index is 1.45. The number of fused-ring (bicyclic) bond motifs is 3. The van der Waals surface area contributed by atoms with Crippen molar-refractivity contribution < 1.29 is 4.79 Å². The highest BCUT2D eigenvalue weighted by atomic mass is 32.2. The smallest absolute Gasteiger partial charge is 0.233 e. The lowest BCUT2D eigenvalue weighted by molar-refractivity contribution is -0.120. The first-order valence-electron chi connectivity index (χ1n) is 7.54. The van der Waals surface area contributed by atoms with Crippen molar-refractivity contribution in [2.45, 2.75) is 23.2 Å². The van der Waals surface area contributed by atoms with Crippen molar-refractivity contribution in [3.63, 3.8) is 0 Å². The highest BCUT2D eigenvalue weighted by molar-refractivity contribution is 8.00. The van der Waals surface area contributed by atoms with Crippen LogP contribution in [0.4, 0.5) is 0 Å². The van der Waals surface area contributed by atoms with Gasteiger partial charge in [0, 0.05) is 51.5 Å². The fraction of sp³-hybridized carbons (Fsp3) is 0.600. The molecule has 1 amide bonds. The number of pyridine rings is 1. The zero-order valence-electron chi connectivity index (χ0n) is 12.4. The third-order valence-electron chi connectivity index (χ3n) is 4.21. The summed E-state index contributed by atoms with van der Waals surface area (Å²) in [6.07, 6.45) is 1.76. The van der Waals surface area contributed by atoms with Gasteiger partial charge < -0.3 is 5.32 Å². The first-order valence-corrected chi connectivity index (χ1v) is 8.42. The number of nitrogens with zero attached hydrogens (tertiary/aromatic N) is 3. The Morgan fingerprint density at radius 1 is 1.43 bits per heavy atom. The quantitative estimate of drug-likeness (QED) is 0.811. The molecule has 1 N–H and O–H groups in total. The van der Waals surface area contributed by atoms with Crippen molar-refractivity contribution in [1.29, 1.82) is 0 Å². The number of rotatable bonds is 5. The van der Waals surface area contributed by atoms with Gasteiger partial charge in [-0.1, -0.05) is 17.8 Å². The summed E-state index contributed by atoms with van der Waals surface area (Å²) < 4.78 is 0. The lowest BCUT2D eigenvalue weighted by Crippen LogP contribution is -2.63. The van der Waals surface area contributed by atoms with E-state index in [9.17, 15) is 4.79 Å². The third kappa shape index (κ3) is 3.75. The molecule has 0 spiro atoms. The summed E-state index contributed by atoms with van der Waals surface area (Å²) in [6, 6.07) is 6.24. The van der Waals surface area contributed by atoms with Crippen molar-refractivity contribution in [2.75, 3.05) is 39.3 Å². The maximum absolute atomic E-state index is 12.2. The largest absolute Gasteiger partial charge is 0.354 e. The van der Waals surface area contributed by atoms with Crippen LogP contribution < -0.4 is 5.32 Å². The second kappa shape index (κ2) is 6.77. The molecule has 2 unspecified atom stereocenters. The summed E-state index contributed by atoms with van der Waals surface area (Å²) in [4.78, 5) is 21.4. The molecule has 4 rings (SSSR count). The Morgan fingerprint density at radius 2 is 2.24 bits per heavy atom. The number of amides is 1. The Bertz CT molecular complexity index is 476. The number of hydrogen-bond donors (Lipinski definition) is 1. The fourth-order valence-corrected chi connectivity index (χ4v) is 3.76. The molecule has 3 saturated heterocycles. The van der Waals surface area contributed by atoms with Gasteiger partial charge in [-0.05, 0) is 19.1 Å². The van der Waals surface area contributed by atoms with Crippen LogP contribution in [0.1, 0.15) is 6.92 Å². The highest BCUT2D eigenvalue weighted by Crippen LogP contribution is 2.20. The molecule has 5 nitrogen and oxygen atoms in total. The van der Waals surface area contributed by atoms with Gasteiger partial charge in [-0.3, -0.25) is 14.6 Å². The van der Waals surface area contributed by atoms with Crippen molar-refractivity contribution >= 4 is 17.7 Å². The zero-order valence-corrected chi connectivity index (χ0v) is 13.2. The van der Waals surface area contributed by atoms with E-state index in [1.54, 1.807) is 6.20 Å². The van der Waals surface area contributed by atoms with Gasteiger partial charge in [-0.15, -0.1) is 0 Å². The molecule has 4 heterocycles. The van der Waals surface area contributed by atoms with Crippen LogP contribution in [0.2, 0.25) is 0 Å². The molecule has 2 atom stereocenters. The lowest BCUT2D eigenvalue weighted by atomic mass is 10.1. The van der Waals surface area contributed by atoms with Crippen LogP contribution in [0, 0.1) is 0 Å². The summed E-state index contributed by atoms with van der Waals surface area (Å²) in [6.45, 7) is 8.40. The van der Waals surface area contributed by atoms with Crippen LogP contribution in [-0.4, -0.2) is 71.3 Å². The van der Waals surface area contributed by atoms with Gasteiger partial charge in [0.25, 0.3) is 0 Å². The standard InChI is InChI=1S/C15H22N4OS/c1-12(21-14-4-2-3-5-16-14)15(20)17-10-13-11-18-6-8-19(13)9-7-18/h2-5,12-13H,6-11H2,1H3,(H,17,20). The molecule has 1 aromatic heterocycles. The average molecular weight is 306 g/mol. The third-order valence-corrected chi connectivity index (χ3v) is 5.26. The van der Waals surface area contributed by atoms with Crippen LogP contribution in [0.5, 0.6) is 0 Å². The minimum atomic E-state index is -0.115. The predicted molar refractivity (Wildman–Crippen MR) is 84.4 cm³/mol. The number of carbonyl (C=O) groups excluding carboxylic acids is 1. The molecule has 6 heteroatoms.